The van der Waals surface area contributed by atoms with Crippen molar-refractivity contribution in [2.24, 2.45) is 0 Å². The Morgan fingerprint density at radius 2 is 1.82 bits per heavy atom. The predicted molar refractivity (Wildman–Crippen MR) is 65.0 cm³/mol. The first-order chi connectivity index (χ1) is 8.25. The first-order valence-corrected chi connectivity index (χ1v) is 5.27. The van der Waals surface area contributed by atoms with Gasteiger partial charge in [-0.05, 0) is 30.3 Å². The highest BCUT2D eigenvalue weighted by Crippen LogP contribution is 2.17. The molecular formula is C13H13FN2O. The smallest absolute Gasteiger partial charge is 0.123 e. The van der Waals surface area contributed by atoms with E-state index < -0.39 is 0 Å². The summed E-state index contributed by atoms with van der Waals surface area (Å²) in [7, 11) is 0. The Morgan fingerprint density at radius 1 is 1.06 bits per heavy atom. The third kappa shape index (κ3) is 3.19. The second kappa shape index (κ2) is 5.32. The van der Waals surface area contributed by atoms with Crippen LogP contribution in [-0.4, -0.2) is 5.11 Å². The Bertz CT molecular complexity index is 488. The molecule has 0 aliphatic carbocycles. The van der Waals surface area contributed by atoms with Crippen molar-refractivity contribution in [1.82, 2.24) is 5.43 Å². The van der Waals surface area contributed by atoms with Gasteiger partial charge in [-0.1, -0.05) is 18.2 Å². The van der Waals surface area contributed by atoms with Crippen LogP contribution in [0.25, 0.3) is 0 Å². The number of anilines is 1. The van der Waals surface area contributed by atoms with E-state index in [0.717, 1.165) is 5.69 Å². The van der Waals surface area contributed by atoms with Crippen molar-refractivity contribution in [2.75, 3.05) is 5.43 Å². The normalized spacial score (nSPS) is 10.2. The fraction of sp³-hybridized carbons (Fsp3) is 0.0769. The van der Waals surface area contributed by atoms with Crippen LogP contribution in [0.4, 0.5) is 10.1 Å². The molecule has 0 bridgehead atoms. The van der Waals surface area contributed by atoms with E-state index in [1.807, 2.05) is 30.3 Å². The number of aromatic hydroxyl groups is 1. The van der Waals surface area contributed by atoms with Crippen molar-refractivity contribution in [3.63, 3.8) is 0 Å². The second-order valence-electron chi connectivity index (χ2n) is 3.62. The molecule has 2 rings (SSSR count). The van der Waals surface area contributed by atoms with Crippen LogP contribution in [-0.2, 0) is 6.54 Å². The van der Waals surface area contributed by atoms with Gasteiger partial charge < -0.3 is 10.5 Å². The fourth-order valence-corrected chi connectivity index (χ4v) is 1.46. The predicted octanol–water partition coefficient (Wildman–Crippen LogP) is 2.65. The molecule has 0 radical (unpaired) electrons. The molecule has 17 heavy (non-hydrogen) atoms. The highest BCUT2D eigenvalue weighted by atomic mass is 19.1. The quantitative estimate of drug-likeness (QED) is 0.710. The van der Waals surface area contributed by atoms with Crippen molar-refractivity contribution in [3.05, 3.63) is 59.9 Å². The van der Waals surface area contributed by atoms with E-state index in [9.17, 15) is 9.50 Å². The third-order valence-corrected chi connectivity index (χ3v) is 2.33. The van der Waals surface area contributed by atoms with Crippen LogP contribution in [0.1, 0.15) is 5.56 Å². The van der Waals surface area contributed by atoms with Gasteiger partial charge in [0, 0.05) is 17.8 Å². The number of hydrogen-bond donors (Lipinski definition) is 3. The van der Waals surface area contributed by atoms with Crippen LogP contribution in [0.5, 0.6) is 5.75 Å². The summed E-state index contributed by atoms with van der Waals surface area (Å²) in [5.41, 5.74) is 7.28. The number of para-hydroxylation sites is 1. The van der Waals surface area contributed by atoms with Crippen LogP contribution in [0.2, 0.25) is 0 Å². The SMILES string of the molecule is Oc1ccc(F)cc1CNNc1ccccc1. The van der Waals surface area contributed by atoms with Crippen molar-refractivity contribution >= 4 is 5.69 Å². The van der Waals surface area contributed by atoms with E-state index in [0.29, 0.717) is 12.1 Å². The Hall–Kier alpha value is -2.07. The average molecular weight is 232 g/mol. The minimum absolute atomic E-state index is 0.0776. The third-order valence-electron chi connectivity index (χ3n) is 2.33. The number of hydrogen-bond acceptors (Lipinski definition) is 3. The second-order valence-corrected chi connectivity index (χ2v) is 3.62. The summed E-state index contributed by atoms with van der Waals surface area (Å²) in [6.45, 7) is 0.332. The van der Waals surface area contributed by atoms with Gasteiger partial charge in [0.05, 0.1) is 0 Å². The number of phenols is 1. The number of phenolic OH excluding ortho intramolecular Hbond substituents is 1. The zero-order valence-electron chi connectivity index (χ0n) is 9.15. The molecule has 3 nitrogen and oxygen atoms in total. The lowest BCUT2D eigenvalue weighted by atomic mass is 10.2. The summed E-state index contributed by atoms with van der Waals surface area (Å²) < 4.78 is 12.9. The molecule has 0 spiro atoms. The molecule has 4 heteroatoms. The maximum absolute atomic E-state index is 12.9. The molecule has 2 aromatic carbocycles. The van der Waals surface area contributed by atoms with Gasteiger partial charge in [0.2, 0.25) is 0 Å². The molecule has 0 aliphatic heterocycles. The molecule has 0 saturated carbocycles. The van der Waals surface area contributed by atoms with Gasteiger partial charge in [-0.15, -0.1) is 0 Å². The van der Waals surface area contributed by atoms with E-state index in [1.165, 1.54) is 18.2 Å². The van der Waals surface area contributed by atoms with E-state index in [-0.39, 0.29) is 11.6 Å². The standard InChI is InChI=1S/C13H13FN2O/c14-11-6-7-13(17)10(8-11)9-15-16-12-4-2-1-3-5-12/h1-8,15-17H,9H2. The summed E-state index contributed by atoms with van der Waals surface area (Å²) in [6, 6.07) is 13.4. The molecule has 3 N–H and O–H groups in total. The Labute approximate surface area is 98.9 Å². The largest absolute Gasteiger partial charge is 0.508 e. The Balaban J connectivity index is 1.92. The van der Waals surface area contributed by atoms with Gasteiger partial charge in [0.15, 0.2) is 0 Å². The molecule has 0 saturated heterocycles. The maximum Gasteiger partial charge on any atom is 0.123 e. The van der Waals surface area contributed by atoms with Gasteiger partial charge >= 0.3 is 0 Å². The summed E-state index contributed by atoms with van der Waals surface area (Å²) in [6.07, 6.45) is 0. The highest BCUT2D eigenvalue weighted by Gasteiger charge is 2.01. The Kier molecular flexibility index (Phi) is 3.57. The zero-order chi connectivity index (χ0) is 12.1. The maximum atomic E-state index is 12.9. The Morgan fingerprint density at radius 3 is 2.59 bits per heavy atom. The van der Waals surface area contributed by atoms with Crippen molar-refractivity contribution < 1.29 is 9.50 Å². The van der Waals surface area contributed by atoms with Crippen molar-refractivity contribution in [2.45, 2.75) is 6.54 Å². The van der Waals surface area contributed by atoms with Crippen LogP contribution < -0.4 is 10.9 Å². The summed E-state index contributed by atoms with van der Waals surface area (Å²) >= 11 is 0. The summed E-state index contributed by atoms with van der Waals surface area (Å²) in [5.74, 6) is -0.284. The molecule has 0 unspecified atom stereocenters. The number of hydrazine groups is 1. The van der Waals surface area contributed by atoms with E-state index in [4.69, 9.17) is 0 Å². The number of rotatable bonds is 4. The summed E-state index contributed by atoms with van der Waals surface area (Å²) in [4.78, 5) is 0. The van der Waals surface area contributed by atoms with Crippen LogP contribution >= 0.6 is 0 Å². The van der Waals surface area contributed by atoms with Crippen LogP contribution in [0.3, 0.4) is 0 Å². The minimum Gasteiger partial charge on any atom is -0.508 e. The molecule has 0 fully saturated rings. The molecule has 0 atom stereocenters. The first kappa shape index (κ1) is 11.4. The molecule has 88 valence electrons. The van der Waals surface area contributed by atoms with E-state index in [2.05, 4.69) is 10.9 Å². The number of halogens is 1. The summed E-state index contributed by atoms with van der Waals surface area (Å²) in [5, 5.41) is 9.50. The average Bonchev–Trinajstić information content (AvgIpc) is 2.35. The molecule has 2 aromatic rings. The lowest BCUT2D eigenvalue weighted by molar-refractivity contribution is 0.463. The van der Waals surface area contributed by atoms with Gasteiger partial charge in [-0.3, -0.25) is 0 Å². The highest BCUT2D eigenvalue weighted by molar-refractivity contribution is 5.41. The zero-order valence-corrected chi connectivity index (χ0v) is 9.15. The fourth-order valence-electron chi connectivity index (χ4n) is 1.46. The lowest BCUT2D eigenvalue weighted by Gasteiger charge is -2.09. The van der Waals surface area contributed by atoms with Gasteiger partial charge in [0.25, 0.3) is 0 Å². The molecule has 0 heterocycles. The van der Waals surface area contributed by atoms with Gasteiger partial charge in [0.1, 0.15) is 11.6 Å². The molecule has 0 amide bonds. The molecule has 0 aliphatic rings. The first-order valence-electron chi connectivity index (χ1n) is 5.27. The van der Waals surface area contributed by atoms with Crippen molar-refractivity contribution in [1.29, 1.82) is 0 Å². The van der Waals surface area contributed by atoms with Crippen LogP contribution in [0, 0.1) is 5.82 Å². The van der Waals surface area contributed by atoms with Gasteiger partial charge in [-0.25, -0.2) is 9.82 Å². The lowest BCUT2D eigenvalue weighted by Crippen LogP contribution is -2.20. The monoisotopic (exact) mass is 232 g/mol. The molecular weight excluding hydrogens is 219 g/mol. The number of benzene rings is 2. The van der Waals surface area contributed by atoms with Crippen LogP contribution in [0.15, 0.2) is 48.5 Å². The number of nitrogens with one attached hydrogen (secondary N) is 2. The van der Waals surface area contributed by atoms with Crippen molar-refractivity contribution in [3.8, 4) is 5.75 Å². The van der Waals surface area contributed by atoms with E-state index in [1.54, 1.807) is 0 Å². The minimum atomic E-state index is -0.362. The van der Waals surface area contributed by atoms with Gasteiger partial charge in [-0.2, -0.15) is 0 Å². The van der Waals surface area contributed by atoms with E-state index >= 15 is 0 Å². The topological polar surface area (TPSA) is 44.3 Å². The molecule has 0 aromatic heterocycles.